The van der Waals surface area contributed by atoms with Gasteiger partial charge in [-0.25, -0.2) is 0 Å². The van der Waals surface area contributed by atoms with Gasteiger partial charge in [-0.1, -0.05) is 48.0 Å². The van der Waals surface area contributed by atoms with Crippen molar-refractivity contribution in [1.29, 1.82) is 0 Å². The van der Waals surface area contributed by atoms with E-state index >= 15 is 0 Å². The van der Waals surface area contributed by atoms with Gasteiger partial charge in [-0.05, 0) is 30.7 Å². The molecule has 0 amide bonds. The SMILES string of the molecule is COc1ccccc1C=CCNc1cccc(Cl)c1C. The lowest BCUT2D eigenvalue weighted by molar-refractivity contribution is 0.414. The molecule has 0 aliphatic rings. The maximum Gasteiger partial charge on any atom is 0.126 e. The molecule has 0 fully saturated rings. The smallest absolute Gasteiger partial charge is 0.126 e. The maximum atomic E-state index is 6.09. The van der Waals surface area contributed by atoms with E-state index in [2.05, 4.69) is 11.4 Å². The molecule has 2 rings (SSSR count). The van der Waals surface area contributed by atoms with Crippen LogP contribution in [0.25, 0.3) is 6.08 Å². The Morgan fingerprint density at radius 1 is 1.15 bits per heavy atom. The quantitative estimate of drug-likeness (QED) is 0.854. The Balaban J connectivity index is 1.99. The first-order valence-corrected chi connectivity index (χ1v) is 6.88. The molecule has 0 unspecified atom stereocenters. The van der Waals surface area contributed by atoms with Gasteiger partial charge >= 0.3 is 0 Å². The largest absolute Gasteiger partial charge is 0.496 e. The highest BCUT2D eigenvalue weighted by atomic mass is 35.5. The molecule has 0 radical (unpaired) electrons. The molecule has 2 aromatic rings. The van der Waals surface area contributed by atoms with Gasteiger partial charge in [-0.15, -0.1) is 0 Å². The van der Waals surface area contributed by atoms with E-state index in [4.69, 9.17) is 16.3 Å². The van der Waals surface area contributed by atoms with Gasteiger partial charge in [0, 0.05) is 22.8 Å². The highest BCUT2D eigenvalue weighted by molar-refractivity contribution is 6.31. The molecule has 0 spiro atoms. The Kier molecular flexibility index (Phi) is 5.08. The van der Waals surface area contributed by atoms with E-state index in [1.54, 1.807) is 7.11 Å². The van der Waals surface area contributed by atoms with Crippen LogP contribution in [-0.2, 0) is 0 Å². The normalized spacial score (nSPS) is 10.8. The van der Waals surface area contributed by atoms with E-state index in [0.717, 1.165) is 34.1 Å². The molecule has 104 valence electrons. The molecule has 0 bridgehead atoms. The van der Waals surface area contributed by atoms with Crippen molar-refractivity contribution in [2.45, 2.75) is 6.92 Å². The van der Waals surface area contributed by atoms with Crippen molar-refractivity contribution < 1.29 is 4.74 Å². The predicted octanol–water partition coefficient (Wildman–Crippen LogP) is 4.78. The fourth-order valence-electron chi connectivity index (χ4n) is 1.96. The summed E-state index contributed by atoms with van der Waals surface area (Å²) in [4.78, 5) is 0. The number of para-hydroxylation sites is 1. The third kappa shape index (κ3) is 3.55. The lowest BCUT2D eigenvalue weighted by Crippen LogP contribution is -2.00. The second-order valence-electron chi connectivity index (χ2n) is 4.44. The molecule has 0 saturated heterocycles. The first-order chi connectivity index (χ1) is 9.72. The molecule has 1 N–H and O–H groups in total. The van der Waals surface area contributed by atoms with Crippen LogP contribution in [0.1, 0.15) is 11.1 Å². The zero-order valence-electron chi connectivity index (χ0n) is 11.7. The first-order valence-electron chi connectivity index (χ1n) is 6.51. The van der Waals surface area contributed by atoms with Gasteiger partial charge in [0.05, 0.1) is 7.11 Å². The summed E-state index contributed by atoms with van der Waals surface area (Å²) in [5, 5.41) is 4.13. The van der Waals surface area contributed by atoms with Crippen LogP contribution in [0, 0.1) is 6.92 Å². The molecule has 0 heterocycles. The van der Waals surface area contributed by atoms with Crippen molar-refractivity contribution in [2.75, 3.05) is 19.0 Å². The Labute approximate surface area is 125 Å². The predicted molar refractivity (Wildman–Crippen MR) is 86.7 cm³/mol. The summed E-state index contributed by atoms with van der Waals surface area (Å²) >= 11 is 6.09. The molecule has 0 aliphatic carbocycles. The lowest BCUT2D eigenvalue weighted by atomic mass is 10.2. The second-order valence-corrected chi connectivity index (χ2v) is 4.84. The summed E-state index contributed by atoms with van der Waals surface area (Å²) in [6.45, 7) is 2.74. The van der Waals surface area contributed by atoms with Crippen LogP contribution in [0.15, 0.2) is 48.5 Å². The van der Waals surface area contributed by atoms with Gasteiger partial charge < -0.3 is 10.1 Å². The van der Waals surface area contributed by atoms with Gasteiger partial charge in [0.25, 0.3) is 0 Å². The number of nitrogens with one attached hydrogen (secondary N) is 1. The topological polar surface area (TPSA) is 21.3 Å². The highest BCUT2D eigenvalue weighted by Gasteiger charge is 2.00. The van der Waals surface area contributed by atoms with E-state index in [0.29, 0.717) is 0 Å². The summed E-state index contributed by atoms with van der Waals surface area (Å²) in [6, 6.07) is 13.8. The van der Waals surface area contributed by atoms with Crippen LogP contribution in [0.4, 0.5) is 5.69 Å². The summed E-state index contributed by atoms with van der Waals surface area (Å²) in [5.74, 6) is 0.877. The van der Waals surface area contributed by atoms with Crippen LogP contribution in [0.5, 0.6) is 5.75 Å². The van der Waals surface area contributed by atoms with Gasteiger partial charge in [-0.3, -0.25) is 0 Å². The fourth-order valence-corrected chi connectivity index (χ4v) is 2.13. The lowest BCUT2D eigenvalue weighted by Gasteiger charge is -2.08. The third-order valence-corrected chi connectivity index (χ3v) is 3.52. The molecular formula is C17H18ClNO. The number of hydrogen-bond donors (Lipinski definition) is 1. The van der Waals surface area contributed by atoms with Gasteiger partial charge in [-0.2, -0.15) is 0 Å². The molecule has 0 atom stereocenters. The number of hydrogen-bond acceptors (Lipinski definition) is 2. The second kappa shape index (κ2) is 7.01. The minimum Gasteiger partial charge on any atom is -0.496 e. The van der Waals surface area contributed by atoms with E-state index in [-0.39, 0.29) is 0 Å². The van der Waals surface area contributed by atoms with Crippen molar-refractivity contribution in [3.8, 4) is 5.75 Å². The zero-order chi connectivity index (χ0) is 14.4. The molecule has 0 saturated carbocycles. The first kappa shape index (κ1) is 14.5. The Morgan fingerprint density at radius 3 is 2.75 bits per heavy atom. The van der Waals surface area contributed by atoms with Gasteiger partial charge in [0.15, 0.2) is 0 Å². The molecular weight excluding hydrogens is 270 g/mol. The van der Waals surface area contributed by atoms with Crippen LogP contribution in [0.3, 0.4) is 0 Å². The number of rotatable bonds is 5. The van der Waals surface area contributed by atoms with Crippen molar-refractivity contribution in [3.63, 3.8) is 0 Å². The van der Waals surface area contributed by atoms with E-state index < -0.39 is 0 Å². The molecule has 3 heteroatoms. The van der Waals surface area contributed by atoms with Crippen LogP contribution < -0.4 is 10.1 Å². The third-order valence-electron chi connectivity index (χ3n) is 3.11. The standard InChI is InChI=1S/C17H18ClNO/c1-13-15(18)9-5-10-16(13)19-12-6-8-14-7-3-4-11-17(14)20-2/h3-11,19H,12H2,1-2H3. The Morgan fingerprint density at radius 2 is 1.95 bits per heavy atom. The van der Waals surface area contributed by atoms with E-state index in [9.17, 15) is 0 Å². The summed E-state index contributed by atoms with van der Waals surface area (Å²) in [7, 11) is 1.68. The zero-order valence-corrected chi connectivity index (χ0v) is 12.4. The number of benzene rings is 2. The molecule has 2 aromatic carbocycles. The van der Waals surface area contributed by atoms with Crippen LogP contribution in [0.2, 0.25) is 5.02 Å². The number of halogens is 1. The number of anilines is 1. The molecule has 0 aliphatic heterocycles. The van der Waals surface area contributed by atoms with E-state index in [1.807, 2.05) is 55.5 Å². The van der Waals surface area contributed by atoms with Gasteiger partial charge in [0.2, 0.25) is 0 Å². The number of methoxy groups -OCH3 is 1. The minimum atomic E-state index is 0.735. The average molecular weight is 288 g/mol. The van der Waals surface area contributed by atoms with Crippen molar-refractivity contribution in [1.82, 2.24) is 0 Å². The maximum absolute atomic E-state index is 6.09. The summed E-state index contributed by atoms with van der Waals surface area (Å²) in [5.41, 5.74) is 3.20. The van der Waals surface area contributed by atoms with Gasteiger partial charge in [0.1, 0.15) is 5.75 Å². The Hall–Kier alpha value is -1.93. The minimum absolute atomic E-state index is 0.735. The van der Waals surface area contributed by atoms with Crippen LogP contribution >= 0.6 is 11.6 Å². The van der Waals surface area contributed by atoms with Crippen molar-refractivity contribution >= 4 is 23.4 Å². The average Bonchev–Trinajstić information content (AvgIpc) is 2.48. The highest BCUT2D eigenvalue weighted by Crippen LogP contribution is 2.23. The Bertz CT molecular complexity index is 608. The summed E-state index contributed by atoms with van der Waals surface area (Å²) in [6.07, 6.45) is 4.11. The molecule has 2 nitrogen and oxygen atoms in total. The monoisotopic (exact) mass is 287 g/mol. The molecule has 20 heavy (non-hydrogen) atoms. The number of ether oxygens (including phenoxy) is 1. The molecule has 0 aromatic heterocycles. The summed E-state index contributed by atoms with van der Waals surface area (Å²) < 4.78 is 5.31. The van der Waals surface area contributed by atoms with E-state index in [1.165, 1.54) is 0 Å². The van der Waals surface area contributed by atoms with Crippen molar-refractivity contribution in [2.24, 2.45) is 0 Å². The van der Waals surface area contributed by atoms with Crippen molar-refractivity contribution in [3.05, 3.63) is 64.7 Å². The fraction of sp³-hybridized carbons (Fsp3) is 0.176. The van der Waals surface area contributed by atoms with Crippen LogP contribution in [-0.4, -0.2) is 13.7 Å².